The van der Waals surface area contributed by atoms with E-state index in [0.29, 0.717) is 12.8 Å². The highest BCUT2D eigenvalue weighted by molar-refractivity contribution is 6.31. The van der Waals surface area contributed by atoms with E-state index in [2.05, 4.69) is 21.3 Å². The number of hydrogen-bond donors (Lipinski definition) is 5. The van der Waals surface area contributed by atoms with Crippen molar-refractivity contribution in [3.63, 3.8) is 0 Å². The van der Waals surface area contributed by atoms with Crippen molar-refractivity contribution in [2.75, 3.05) is 87.8 Å². The molecule has 96 heavy (non-hydrogen) atoms. The van der Waals surface area contributed by atoms with E-state index in [1.165, 1.54) is 77.6 Å². The van der Waals surface area contributed by atoms with Crippen molar-refractivity contribution in [3.8, 4) is 0 Å². The van der Waals surface area contributed by atoms with Crippen LogP contribution in [-0.2, 0) is 74.8 Å². The van der Waals surface area contributed by atoms with Crippen LogP contribution in [0.3, 0.4) is 0 Å². The molecule has 0 radical (unpaired) electrons. The zero-order chi connectivity index (χ0) is 73.2. The molecule has 0 aromatic heterocycles. The number of amides is 11. The van der Waals surface area contributed by atoms with E-state index in [1.807, 2.05) is 48.5 Å². The molecule has 1 aromatic rings. The number of carbonyl (C=O) groups is 11. The first-order chi connectivity index (χ1) is 44.4. The lowest BCUT2D eigenvalue weighted by Crippen LogP contribution is -2.64. The van der Waals surface area contributed by atoms with Gasteiger partial charge in [0.25, 0.3) is 0 Å². The maximum Gasteiger partial charge on any atom is 0.417 e. The van der Waals surface area contributed by atoms with E-state index in [-0.39, 0.29) is 94.8 Å². The molecular weight excluding hydrogens is 1280 g/mol. The van der Waals surface area contributed by atoms with Gasteiger partial charge in [-0.1, -0.05) is 79.5 Å². The molecule has 25 nitrogen and oxygen atoms in total. The number of nitrogens with zero attached hydrogens (tertiary/aromatic N) is 7. The van der Waals surface area contributed by atoms with Gasteiger partial charge in [0.2, 0.25) is 65.0 Å². The van der Waals surface area contributed by atoms with E-state index >= 15 is 4.79 Å². The zero-order valence-electron chi connectivity index (χ0n) is 59.9. The maximum atomic E-state index is 15.1. The molecule has 1 aromatic carbocycles. The van der Waals surface area contributed by atoms with Crippen LogP contribution in [-0.4, -0.2) is 252 Å². The quantitative estimate of drug-likeness (QED) is 0.121. The number of likely N-dealkylation sites (N-methyl/N-ethyl adjacent to an activating group) is 6. The molecular formula is C67H109ClF3N11O14. The van der Waals surface area contributed by atoms with Crippen molar-refractivity contribution in [3.05, 3.63) is 34.3 Å². The third kappa shape index (κ3) is 24.4. The summed E-state index contributed by atoms with van der Waals surface area (Å²) in [6, 6.07) is -7.04. The van der Waals surface area contributed by atoms with Crippen molar-refractivity contribution in [1.29, 1.82) is 0 Å². The molecule has 0 saturated carbocycles. The molecule has 0 spiro atoms. The van der Waals surface area contributed by atoms with Crippen molar-refractivity contribution in [1.82, 2.24) is 55.6 Å². The monoisotopic (exact) mass is 1380 g/mol. The van der Waals surface area contributed by atoms with E-state index in [0.717, 1.165) is 37.8 Å². The molecule has 2 fully saturated rings. The van der Waals surface area contributed by atoms with E-state index in [9.17, 15) is 66.2 Å². The molecule has 0 unspecified atom stereocenters. The average molecular weight is 1390 g/mol. The Hall–Kier alpha value is -6.65. The second-order valence-corrected chi connectivity index (χ2v) is 28.6. The fourth-order valence-corrected chi connectivity index (χ4v) is 11.5. The van der Waals surface area contributed by atoms with E-state index in [4.69, 9.17) is 21.1 Å². The molecule has 0 bridgehead atoms. The van der Waals surface area contributed by atoms with Crippen LogP contribution < -0.4 is 21.3 Å². The normalized spacial score (nSPS) is 24.5. The largest absolute Gasteiger partial charge is 0.417 e. The van der Waals surface area contributed by atoms with Crippen LogP contribution >= 0.6 is 11.6 Å². The van der Waals surface area contributed by atoms with Gasteiger partial charge < -0.3 is 70.1 Å². The van der Waals surface area contributed by atoms with Crippen LogP contribution in [0.4, 0.5) is 13.2 Å². The van der Waals surface area contributed by atoms with Crippen LogP contribution in [0.1, 0.15) is 153 Å². The summed E-state index contributed by atoms with van der Waals surface area (Å²) in [6.07, 6.45) is -4.14. The van der Waals surface area contributed by atoms with Gasteiger partial charge >= 0.3 is 6.18 Å². The Kier molecular flexibility index (Phi) is 32.0. The topological polar surface area (TPSA) is 297 Å². The average Bonchev–Trinajstić information content (AvgIpc) is 0.831. The molecule has 11 amide bonds. The molecule has 544 valence electrons. The lowest BCUT2D eigenvalue weighted by Gasteiger charge is -2.43. The summed E-state index contributed by atoms with van der Waals surface area (Å²) < 4.78 is 53.3. The first-order valence-corrected chi connectivity index (χ1v) is 33.6. The number of rotatable bonds is 19. The summed E-state index contributed by atoms with van der Waals surface area (Å²) in [5.41, 5.74) is -4.20. The van der Waals surface area contributed by atoms with Crippen molar-refractivity contribution in [2.45, 2.75) is 214 Å². The minimum atomic E-state index is -4.80. The van der Waals surface area contributed by atoms with E-state index in [1.54, 1.807) is 20.8 Å². The van der Waals surface area contributed by atoms with Gasteiger partial charge in [0.1, 0.15) is 47.8 Å². The van der Waals surface area contributed by atoms with Crippen LogP contribution in [0.5, 0.6) is 0 Å². The van der Waals surface area contributed by atoms with Crippen molar-refractivity contribution in [2.24, 2.45) is 23.7 Å². The third-order valence-electron chi connectivity index (χ3n) is 17.4. The summed E-state index contributed by atoms with van der Waals surface area (Å²) in [5, 5.41) is 21.1. The Morgan fingerprint density at radius 2 is 1.26 bits per heavy atom. The van der Waals surface area contributed by atoms with Crippen LogP contribution in [0.15, 0.2) is 18.2 Å². The Bertz CT molecular complexity index is 2870. The predicted octanol–water partition coefficient (Wildman–Crippen LogP) is 4.27. The zero-order valence-corrected chi connectivity index (χ0v) is 60.6. The lowest BCUT2D eigenvalue weighted by atomic mass is 9.95. The fourth-order valence-electron chi connectivity index (χ4n) is 11.2. The predicted molar refractivity (Wildman–Crippen MR) is 355 cm³/mol. The summed E-state index contributed by atoms with van der Waals surface area (Å²) >= 11 is 6.11. The van der Waals surface area contributed by atoms with Gasteiger partial charge in [0.15, 0.2) is 0 Å². The van der Waals surface area contributed by atoms with Gasteiger partial charge in [-0.3, -0.25) is 52.7 Å². The Labute approximate surface area is 570 Å². The third-order valence-corrected chi connectivity index (χ3v) is 17.7. The Morgan fingerprint density at radius 1 is 0.688 bits per heavy atom. The number of aliphatic hydroxyl groups is 1. The summed E-state index contributed by atoms with van der Waals surface area (Å²) in [4.78, 5) is 169. The minimum Gasteiger partial charge on any atom is -0.388 e. The summed E-state index contributed by atoms with van der Waals surface area (Å²) in [6.45, 7) is 21.5. The molecule has 5 N–H and O–H groups in total. The van der Waals surface area contributed by atoms with Crippen LogP contribution in [0.25, 0.3) is 0 Å². The second-order valence-electron chi connectivity index (χ2n) is 28.2. The van der Waals surface area contributed by atoms with Crippen LogP contribution in [0, 0.1) is 23.7 Å². The summed E-state index contributed by atoms with van der Waals surface area (Å²) in [7, 11) is 6.66. The number of carbonyl (C=O) groups excluding carboxylic acids is 11. The fraction of sp³-hybridized carbons (Fsp3) is 0.746. The highest BCUT2D eigenvalue weighted by Crippen LogP contribution is 2.35. The van der Waals surface area contributed by atoms with Crippen LogP contribution in [0.2, 0.25) is 5.02 Å². The van der Waals surface area contributed by atoms with Gasteiger partial charge in [0.05, 0.1) is 49.1 Å². The number of alkyl halides is 3. The van der Waals surface area contributed by atoms with E-state index < -0.39 is 167 Å². The number of aryl methyl sites for hydroxylation is 1. The number of fused-ring (bicyclic) bond motifs is 1. The number of ether oxygens (including phenoxy) is 2. The first-order valence-electron chi connectivity index (χ1n) is 33.2. The maximum absolute atomic E-state index is 15.1. The number of hydrogen-bond acceptors (Lipinski definition) is 14. The Balaban J connectivity index is 2.28. The second kappa shape index (κ2) is 36.8. The SMILES string of the molecule is CC[C@H](C)[C@@H]1NC(=O)[C@H](CC(C)C)N(C)C(=O)C[C@@H](C)NC(=O)[C@H](CC(C)C)N(C)C(=O)C(C)(C)NC(=O)[C@H](COCC(C)(C)O)N(C)C(=O)[C@H](CCc2ccc(C(F)(F)F)c(Cl)c2)NC(=O)CN(C)C(=O)[C@H](COCCC(C)C)N(C)C(=O)[C@@H]2CCN2C(=O)CN(CC)C1=O. The lowest BCUT2D eigenvalue weighted by molar-refractivity contribution is -0.159. The smallest absolute Gasteiger partial charge is 0.388 e. The number of benzene rings is 1. The molecule has 2 heterocycles. The van der Waals surface area contributed by atoms with Crippen molar-refractivity contribution < 1.29 is 80.5 Å². The molecule has 29 heteroatoms. The van der Waals surface area contributed by atoms with Crippen molar-refractivity contribution >= 4 is 76.6 Å². The number of halogens is 4. The molecule has 3 rings (SSSR count). The molecule has 2 saturated heterocycles. The highest BCUT2D eigenvalue weighted by atomic mass is 35.5. The molecule has 9 atom stereocenters. The Morgan fingerprint density at radius 3 is 1.78 bits per heavy atom. The highest BCUT2D eigenvalue weighted by Gasteiger charge is 2.46. The molecule has 2 aliphatic rings. The van der Waals surface area contributed by atoms with Gasteiger partial charge in [-0.05, 0) is 121 Å². The minimum absolute atomic E-state index is 0.0246. The molecule has 0 aliphatic carbocycles. The van der Waals surface area contributed by atoms with Gasteiger partial charge in [-0.25, -0.2) is 0 Å². The first kappa shape index (κ1) is 83.6. The standard InChI is InChI=1S/C67H109ClF3N11O14/c1-20-42(9)56-63(92)81(21-2)35-55(85)82-28-26-48(82)62(91)79(18)52(37-95-29-27-39(3)4)61(90)76(15)34-53(83)73-47(25-23-44-22-24-45(46(68)33-44)67(69,70)71)60(89)78(17)51(36-96-38-65(11,12)94)59(88)75-66(13,14)64(93)80(19)50(31-41(7)8)57(86)72-43(10)32-54(84)77(16)49(30-40(5)6)58(87)74-56/h22,24,33,39-43,47-52,56,94H,20-21,23,25-32,34-38H2,1-19H3,(H,72,86)(H,73,83)(H,74,87)(H,75,88)/t42-,43+,47-,48-,49-,50-,51-,52-,56-/m0/s1. The summed E-state index contributed by atoms with van der Waals surface area (Å²) in [5.74, 6) is -8.64. The van der Waals surface area contributed by atoms with Gasteiger partial charge in [0, 0.05) is 67.4 Å². The van der Waals surface area contributed by atoms with Gasteiger partial charge in [-0.15, -0.1) is 0 Å². The molecule has 2 aliphatic heterocycles. The van der Waals surface area contributed by atoms with Gasteiger partial charge in [-0.2, -0.15) is 13.2 Å². The number of nitrogens with one attached hydrogen (secondary N) is 4.